The quantitative estimate of drug-likeness (QED) is 0.100. The highest BCUT2D eigenvalue weighted by atomic mass is 16.5. The number of H-pyrrole nitrogens is 1. The molecule has 10 heteroatoms. The van der Waals surface area contributed by atoms with Crippen LogP contribution in [0.15, 0.2) is 97.3 Å². The molecule has 62 heavy (non-hydrogen) atoms. The molecule has 0 atom stereocenters. The lowest BCUT2D eigenvalue weighted by molar-refractivity contribution is 0.0935. The Morgan fingerprint density at radius 3 is 1.82 bits per heavy atom. The lowest BCUT2D eigenvalue weighted by Crippen LogP contribution is -2.31. The number of benzene rings is 2. The van der Waals surface area contributed by atoms with E-state index in [1.165, 1.54) is 11.1 Å². The van der Waals surface area contributed by atoms with E-state index in [1.54, 1.807) is 14.2 Å². The van der Waals surface area contributed by atoms with Crippen LogP contribution in [0.4, 0.5) is 0 Å². The molecule has 6 aromatic rings. The summed E-state index contributed by atoms with van der Waals surface area (Å²) in [7, 11) is 3.33. The molecule has 0 radical (unpaired) electrons. The van der Waals surface area contributed by atoms with Crippen LogP contribution in [0.1, 0.15) is 118 Å². The van der Waals surface area contributed by atoms with E-state index < -0.39 is 0 Å². The number of aromatic amines is 1. The number of aromatic nitrogens is 4. The number of pyridine rings is 2. The van der Waals surface area contributed by atoms with Crippen molar-refractivity contribution < 1.29 is 19.1 Å². The van der Waals surface area contributed by atoms with E-state index in [1.807, 2.05) is 80.0 Å². The molecule has 2 fully saturated rings. The van der Waals surface area contributed by atoms with Gasteiger partial charge in [0.25, 0.3) is 11.8 Å². The second kappa shape index (κ2) is 19.3. The van der Waals surface area contributed by atoms with Crippen LogP contribution >= 0.6 is 0 Å². The minimum Gasteiger partial charge on any atom is -0.496 e. The van der Waals surface area contributed by atoms with Crippen LogP contribution in [0.2, 0.25) is 0 Å². The number of amides is 2. The third-order valence-electron chi connectivity index (χ3n) is 13.3. The first-order chi connectivity index (χ1) is 30.2. The van der Waals surface area contributed by atoms with E-state index in [4.69, 9.17) is 14.5 Å². The number of nitrogens with one attached hydrogen (secondary N) is 3. The Hall–Kier alpha value is -6.16. The number of carbonyl (C=O) groups excluding carboxylic acids is 2. The van der Waals surface area contributed by atoms with Crippen LogP contribution < -0.4 is 20.1 Å². The van der Waals surface area contributed by atoms with Crippen LogP contribution in [0, 0.1) is 32.6 Å². The molecule has 2 amide bonds. The van der Waals surface area contributed by atoms with E-state index in [0.717, 1.165) is 108 Å². The highest BCUT2D eigenvalue weighted by Crippen LogP contribution is 2.39. The number of methoxy groups -OCH3 is 2. The van der Waals surface area contributed by atoms with E-state index in [2.05, 4.69) is 63.3 Å². The molecule has 322 valence electrons. The van der Waals surface area contributed by atoms with E-state index in [0.29, 0.717) is 54.4 Å². The number of hydrogen-bond acceptors (Lipinski definition) is 6. The SMILES string of the molecule is COc1ccccc1-c1[nH]c(C)cc1C(=O)NCC1CCC(c2ccnc(Cn3c(C)cc(C(=O)NCC4CCC(c5ccnc(C)c5)CC4)c3-c3ccccc3OC)c2)CC1. The van der Waals surface area contributed by atoms with Gasteiger partial charge in [0.05, 0.1) is 49.0 Å². The Balaban J connectivity index is 0.915. The number of ether oxygens (including phenoxy) is 2. The molecule has 0 aliphatic heterocycles. The van der Waals surface area contributed by atoms with Crippen LogP contribution in [-0.2, 0) is 6.54 Å². The van der Waals surface area contributed by atoms with Crippen molar-refractivity contribution in [1.29, 1.82) is 0 Å². The zero-order valence-corrected chi connectivity index (χ0v) is 36.8. The maximum atomic E-state index is 14.1. The number of para-hydroxylation sites is 2. The molecule has 8 rings (SSSR count). The van der Waals surface area contributed by atoms with Gasteiger partial charge in [-0.15, -0.1) is 0 Å². The standard InChI is InChI=1S/C52H60N6O4/c1-33-26-40(22-24-53-33)38-18-14-37(15-19-38)31-56-52(60)46-28-35(3)58(50(46)44-11-7-9-13-48(44)62-5)32-42-29-41(23-25-54-42)39-20-16-36(17-21-39)30-55-51(59)45-27-34(2)57-49(45)43-10-6-8-12-47(43)61-4/h6-13,22-29,36-39,57H,14-21,30-32H2,1-5H3,(H,55,59)(H,56,60). The lowest BCUT2D eigenvalue weighted by Gasteiger charge is -2.29. The summed E-state index contributed by atoms with van der Waals surface area (Å²) in [4.78, 5) is 40.3. The van der Waals surface area contributed by atoms with Crippen molar-refractivity contribution in [2.75, 3.05) is 27.3 Å². The first-order valence-corrected chi connectivity index (χ1v) is 22.3. The summed E-state index contributed by atoms with van der Waals surface area (Å²) in [5.74, 6) is 3.15. The average Bonchev–Trinajstić information content (AvgIpc) is 3.86. The Morgan fingerprint density at radius 1 is 0.661 bits per heavy atom. The van der Waals surface area contributed by atoms with Crippen LogP contribution in [-0.4, -0.2) is 58.6 Å². The topological polar surface area (TPSA) is 123 Å². The van der Waals surface area contributed by atoms with Gasteiger partial charge in [0.1, 0.15) is 11.5 Å². The lowest BCUT2D eigenvalue weighted by atomic mass is 9.78. The Kier molecular flexibility index (Phi) is 13.2. The van der Waals surface area contributed by atoms with Crippen LogP contribution in [0.5, 0.6) is 11.5 Å². The zero-order chi connectivity index (χ0) is 43.2. The normalized spacial score (nSPS) is 18.9. The summed E-state index contributed by atoms with van der Waals surface area (Å²) in [5, 5.41) is 6.57. The number of hydrogen-bond donors (Lipinski definition) is 3. The van der Waals surface area contributed by atoms with Crippen LogP contribution in [0.25, 0.3) is 22.5 Å². The Bertz CT molecular complexity index is 2500. The van der Waals surface area contributed by atoms with Crippen molar-refractivity contribution in [1.82, 2.24) is 30.2 Å². The fraction of sp³-hybridized carbons (Fsp3) is 0.385. The van der Waals surface area contributed by atoms with Gasteiger partial charge >= 0.3 is 0 Å². The molecule has 0 spiro atoms. The molecule has 4 heterocycles. The maximum absolute atomic E-state index is 14.1. The van der Waals surface area contributed by atoms with E-state index in [9.17, 15) is 9.59 Å². The number of rotatable bonds is 14. The molecule has 10 nitrogen and oxygen atoms in total. The molecule has 2 aliphatic rings. The fourth-order valence-corrected chi connectivity index (χ4v) is 9.90. The Labute approximate surface area is 365 Å². The van der Waals surface area contributed by atoms with Gasteiger partial charge in [-0.2, -0.15) is 0 Å². The second-order valence-electron chi connectivity index (χ2n) is 17.4. The van der Waals surface area contributed by atoms with Crippen LogP contribution in [0.3, 0.4) is 0 Å². The highest BCUT2D eigenvalue weighted by Gasteiger charge is 2.28. The predicted octanol–water partition coefficient (Wildman–Crippen LogP) is 10.3. The van der Waals surface area contributed by atoms with Gasteiger partial charge in [-0.1, -0.05) is 24.3 Å². The van der Waals surface area contributed by atoms with Gasteiger partial charge in [0.2, 0.25) is 0 Å². The van der Waals surface area contributed by atoms with Crippen molar-refractivity contribution >= 4 is 11.8 Å². The predicted molar refractivity (Wildman–Crippen MR) is 245 cm³/mol. The molecule has 0 unspecified atom stereocenters. The first kappa shape index (κ1) is 42.5. The number of nitrogens with zero attached hydrogens (tertiary/aromatic N) is 3. The summed E-state index contributed by atoms with van der Waals surface area (Å²) >= 11 is 0. The van der Waals surface area contributed by atoms with Crippen molar-refractivity contribution in [3.63, 3.8) is 0 Å². The van der Waals surface area contributed by atoms with E-state index >= 15 is 0 Å². The van der Waals surface area contributed by atoms with Gasteiger partial charge in [0, 0.05) is 53.7 Å². The summed E-state index contributed by atoms with van der Waals surface area (Å²) in [6, 6.07) is 28.4. The molecule has 2 aliphatic carbocycles. The smallest absolute Gasteiger partial charge is 0.253 e. The zero-order valence-electron chi connectivity index (χ0n) is 36.8. The van der Waals surface area contributed by atoms with Gasteiger partial charge in [-0.3, -0.25) is 19.6 Å². The molecule has 2 aromatic carbocycles. The van der Waals surface area contributed by atoms with Gasteiger partial charge in [0.15, 0.2) is 0 Å². The van der Waals surface area contributed by atoms with Crippen molar-refractivity contribution in [2.45, 2.75) is 90.5 Å². The first-order valence-electron chi connectivity index (χ1n) is 22.3. The summed E-state index contributed by atoms with van der Waals surface area (Å²) in [6.07, 6.45) is 12.4. The van der Waals surface area contributed by atoms with Crippen molar-refractivity contribution in [2.24, 2.45) is 11.8 Å². The van der Waals surface area contributed by atoms with Crippen molar-refractivity contribution in [3.8, 4) is 34.0 Å². The highest BCUT2D eigenvalue weighted by molar-refractivity contribution is 6.02. The van der Waals surface area contributed by atoms with Crippen molar-refractivity contribution in [3.05, 3.63) is 142 Å². The molecule has 3 N–H and O–H groups in total. The molecule has 2 saturated carbocycles. The minimum absolute atomic E-state index is 0.0608. The average molecular weight is 833 g/mol. The Morgan fingerprint density at radius 2 is 1.21 bits per heavy atom. The third-order valence-corrected chi connectivity index (χ3v) is 13.3. The molecular formula is C52H60N6O4. The summed E-state index contributed by atoms with van der Waals surface area (Å²) in [6.45, 7) is 7.91. The largest absolute Gasteiger partial charge is 0.496 e. The minimum atomic E-state index is -0.0700. The number of carbonyl (C=O) groups is 2. The third kappa shape index (κ3) is 9.49. The monoisotopic (exact) mass is 832 g/mol. The van der Waals surface area contributed by atoms with Gasteiger partial charge in [-0.05, 0) is 168 Å². The maximum Gasteiger partial charge on any atom is 0.253 e. The van der Waals surface area contributed by atoms with E-state index in [-0.39, 0.29) is 11.8 Å². The summed E-state index contributed by atoms with van der Waals surface area (Å²) < 4.78 is 13.7. The molecular weight excluding hydrogens is 773 g/mol. The van der Waals surface area contributed by atoms with Gasteiger partial charge < -0.3 is 29.7 Å². The second-order valence-corrected chi connectivity index (χ2v) is 17.4. The molecule has 0 saturated heterocycles. The van der Waals surface area contributed by atoms with Gasteiger partial charge in [-0.25, -0.2) is 0 Å². The number of aryl methyl sites for hydroxylation is 3. The summed E-state index contributed by atoms with van der Waals surface area (Å²) in [5.41, 5.74) is 11.3. The molecule has 0 bridgehead atoms. The molecule has 4 aromatic heterocycles. The fourth-order valence-electron chi connectivity index (χ4n) is 9.90.